The first-order valence-corrected chi connectivity index (χ1v) is 6.82. The highest BCUT2D eigenvalue weighted by Gasteiger charge is 2.23. The highest BCUT2D eigenvalue weighted by atomic mass is 32.2. The number of hydrogen-bond acceptors (Lipinski definition) is 5. The van der Waals surface area contributed by atoms with Gasteiger partial charge in [0.05, 0.1) is 17.3 Å². The highest BCUT2D eigenvalue weighted by molar-refractivity contribution is 7.91. The van der Waals surface area contributed by atoms with Crippen molar-refractivity contribution >= 4 is 15.5 Å². The quantitative estimate of drug-likeness (QED) is 0.401. The van der Waals surface area contributed by atoms with Crippen LogP contribution >= 0.6 is 0 Å². The summed E-state index contributed by atoms with van der Waals surface area (Å²) in [7, 11) is -3.05. The zero-order valence-corrected chi connectivity index (χ0v) is 9.68. The second-order valence-electron chi connectivity index (χ2n) is 3.80. The van der Waals surface area contributed by atoms with Crippen molar-refractivity contribution in [2.24, 2.45) is 5.84 Å². The van der Waals surface area contributed by atoms with Gasteiger partial charge in [-0.1, -0.05) is 0 Å². The van der Waals surface area contributed by atoms with Crippen LogP contribution in [0, 0.1) is 0 Å². The molecule has 0 aromatic heterocycles. The van der Waals surface area contributed by atoms with Crippen LogP contribution in [0.25, 0.3) is 0 Å². The smallest absolute Gasteiger partial charge is 0.178 e. The number of hydrazine groups is 1. The van der Waals surface area contributed by atoms with Gasteiger partial charge in [-0.2, -0.15) is 0 Å². The summed E-state index contributed by atoms with van der Waals surface area (Å²) in [6, 6.07) is 5.31. The lowest BCUT2D eigenvalue weighted by Gasteiger charge is -2.17. The van der Waals surface area contributed by atoms with E-state index in [1.165, 1.54) is 0 Å². The Morgan fingerprint density at radius 3 is 2.94 bits per heavy atom. The van der Waals surface area contributed by atoms with E-state index in [4.69, 9.17) is 5.84 Å². The Hall–Kier alpha value is -1.11. The molecule has 0 fully saturated rings. The number of hydrogen-bond donors (Lipinski definition) is 3. The minimum absolute atomic E-state index is 0.261. The molecule has 0 unspecified atom stereocenters. The monoisotopic (exact) mass is 241 g/mol. The Labute approximate surface area is 94.9 Å². The molecule has 0 bridgehead atoms. The van der Waals surface area contributed by atoms with Crippen molar-refractivity contribution < 1.29 is 8.42 Å². The lowest BCUT2D eigenvalue weighted by atomic mass is 10.1. The van der Waals surface area contributed by atoms with Crippen molar-refractivity contribution in [1.29, 1.82) is 0 Å². The molecule has 1 aliphatic rings. The molecular formula is C10H15N3O2S. The van der Waals surface area contributed by atoms with E-state index in [0.717, 1.165) is 17.7 Å². The first-order chi connectivity index (χ1) is 7.63. The van der Waals surface area contributed by atoms with Gasteiger partial charge in [0.2, 0.25) is 0 Å². The molecule has 1 heterocycles. The van der Waals surface area contributed by atoms with Gasteiger partial charge in [0, 0.05) is 5.69 Å². The minimum Gasteiger partial charge on any atom is -0.371 e. The summed E-state index contributed by atoms with van der Waals surface area (Å²) in [4.78, 5) is 0.477. The van der Waals surface area contributed by atoms with Gasteiger partial charge in [0.15, 0.2) is 9.84 Å². The molecule has 4 N–H and O–H groups in total. The molecule has 0 saturated heterocycles. The maximum atomic E-state index is 11.7. The van der Waals surface area contributed by atoms with E-state index in [2.05, 4.69) is 10.7 Å². The Balaban J connectivity index is 2.32. The van der Waals surface area contributed by atoms with Crippen LogP contribution in [0.5, 0.6) is 0 Å². The molecule has 1 aromatic rings. The third-order valence-corrected chi connectivity index (χ3v) is 4.54. The first kappa shape index (κ1) is 11.4. The summed E-state index contributed by atoms with van der Waals surface area (Å²) in [5.74, 6) is 5.41. The lowest BCUT2D eigenvalue weighted by molar-refractivity contribution is 0.586. The summed E-state index contributed by atoms with van der Waals surface area (Å²) in [6.45, 7) is 0.450. The van der Waals surface area contributed by atoms with Crippen LogP contribution in [0.15, 0.2) is 23.1 Å². The maximum Gasteiger partial charge on any atom is 0.178 e. The van der Waals surface area contributed by atoms with E-state index >= 15 is 0 Å². The molecule has 0 saturated carbocycles. The number of benzene rings is 1. The molecular weight excluding hydrogens is 226 g/mol. The molecule has 0 aliphatic carbocycles. The van der Waals surface area contributed by atoms with Crippen molar-refractivity contribution in [1.82, 2.24) is 5.43 Å². The highest BCUT2D eigenvalue weighted by Crippen LogP contribution is 2.27. The van der Waals surface area contributed by atoms with Crippen LogP contribution < -0.4 is 16.6 Å². The molecule has 6 heteroatoms. The first-order valence-electron chi connectivity index (χ1n) is 5.16. The molecule has 1 aliphatic heterocycles. The Bertz CT molecular complexity index is 485. The fraction of sp³-hybridized carbons (Fsp3) is 0.400. The van der Waals surface area contributed by atoms with Gasteiger partial charge in [-0.05, 0) is 36.6 Å². The second kappa shape index (κ2) is 4.40. The maximum absolute atomic E-state index is 11.7. The SMILES string of the molecule is NNCNc1ccc2c(c1)CCCS2(=O)=O. The van der Waals surface area contributed by atoms with Crippen molar-refractivity contribution in [2.45, 2.75) is 17.7 Å². The van der Waals surface area contributed by atoms with E-state index in [-0.39, 0.29) is 5.75 Å². The van der Waals surface area contributed by atoms with Crippen LogP contribution in [-0.2, 0) is 16.3 Å². The van der Waals surface area contributed by atoms with Gasteiger partial charge >= 0.3 is 0 Å². The molecule has 0 radical (unpaired) electrons. The number of aryl methyl sites for hydroxylation is 1. The summed E-state index contributed by atoms with van der Waals surface area (Å²) in [5, 5.41) is 3.04. The van der Waals surface area contributed by atoms with E-state index in [9.17, 15) is 8.42 Å². The molecule has 0 amide bonds. The van der Waals surface area contributed by atoms with Crippen molar-refractivity contribution in [3.8, 4) is 0 Å². The topological polar surface area (TPSA) is 84.2 Å². The number of sulfone groups is 1. The molecule has 0 atom stereocenters. The van der Waals surface area contributed by atoms with Crippen LogP contribution in [0.4, 0.5) is 5.69 Å². The zero-order valence-electron chi connectivity index (χ0n) is 8.86. The molecule has 0 spiro atoms. The van der Waals surface area contributed by atoms with Crippen LogP contribution in [-0.4, -0.2) is 20.8 Å². The largest absolute Gasteiger partial charge is 0.371 e. The molecule has 88 valence electrons. The van der Waals surface area contributed by atoms with E-state index < -0.39 is 9.84 Å². The number of anilines is 1. The third kappa shape index (κ3) is 2.18. The average molecular weight is 241 g/mol. The Morgan fingerprint density at radius 1 is 1.38 bits per heavy atom. The standard InChI is InChI=1S/C10H15N3O2S/c11-13-7-12-9-3-4-10-8(6-9)2-1-5-16(10,14)15/h3-4,6,12-13H,1-2,5,7,11H2. The second-order valence-corrected chi connectivity index (χ2v) is 5.88. The van der Waals surface area contributed by atoms with Crippen molar-refractivity contribution in [2.75, 3.05) is 17.7 Å². The minimum atomic E-state index is -3.05. The Morgan fingerprint density at radius 2 is 2.19 bits per heavy atom. The number of nitrogens with one attached hydrogen (secondary N) is 2. The van der Waals surface area contributed by atoms with Crippen LogP contribution in [0.1, 0.15) is 12.0 Å². The van der Waals surface area contributed by atoms with Gasteiger partial charge in [0.25, 0.3) is 0 Å². The van der Waals surface area contributed by atoms with E-state index in [0.29, 0.717) is 18.0 Å². The summed E-state index contributed by atoms with van der Waals surface area (Å²) < 4.78 is 23.5. The van der Waals surface area contributed by atoms with Crippen molar-refractivity contribution in [3.05, 3.63) is 23.8 Å². The Kier molecular flexibility index (Phi) is 3.13. The lowest BCUT2D eigenvalue weighted by Crippen LogP contribution is -2.28. The van der Waals surface area contributed by atoms with Gasteiger partial charge in [-0.3, -0.25) is 5.84 Å². The molecule has 5 nitrogen and oxygen atoms in total. The van der Waals surface area contributed by atoms with E-state index in [1.807, 2.05) is 6.07 Å². The molecule has 2 rings (SSSR count). The van der Waals surface area contributed by atoms with Gasteiger partial charge in [-0.25, -0.2) is 13.8 Å². The predicted octanol–water partition coefficient (Wildman–Crippen LogP) is 0.239. The predicted molar refractivity (Wildman–Crippen MR) is 62.6 cm³/mol. The summed E-state index contributed by atoms with van der Waals surface area (Å²) >= 11 is 0. The fourth-order valence-electron chi connectivity index (χ4n) is 1.90. The van der Waals surface area contributed by atoms with E-state index in [1.54, 1.807) is 12.1 Å². The summed E-state index contributed by atoms with van der Waals surface area (Å²) in [6.07, 6.45) is 1.52. The normalized spacial score (nSPS) is 17.8. The molecule has 1 aromatic carbocycles. The van der Waals surface area contributed by atoms with Gasteiger partial charge in [0.1, 0.15) is 0 Å². The number of nitrogens with two attached hydrogens (primary N) is 1. The number of fused-ring (bicyclic) bond motifs is 1. The van der Waals surface area contributed by atoms with Gasteiger partial charge in [-0.15, -0.1) is 0 Å². The van der Waals surface area contributed by atoms with Crippen molar-refractivity contribution in [3.63, 3.8) is 0 Å². The third-order valence-electron chi connectivity index (χ3n) is 2.65. The van der Waals surface area contributed by atoms with Crippen LogP contribution in [0.3, 0.4) is 0 Å². The number of rotatable bonds is 3. The zero-order chi connectivity index (χ0) is 11.6. The molecule has 16 heavy (non-hydrogen) atoms. The fourth-order valence-corrected chi connectivity index (χ4v) is 3.48. The average Bonchev–Trinajstić information content (AvgIpc) is 2.25. The summed E-state index contributed by atoms with van der Waals surface area (Å²) in [5.41, 5.74) is 4.26. The van der Waals surface area contributed by atoms with Crippen LogP contribution in [0.2, 0.25) is 0 Å². The van der Waals surface area contributed by atoms with Gasteiger partial charge < -0.3 is 5.32 Å².